The van der Waals surface area contributed by atoms with Crippen LogP contribution < -0.4 is 10.1 Å². The third kappa shape index (κ3) is 6.41. The Morgan fingerprint density at radius 2 is 1.96 bits per heavy atom. The van der Waals surface area contributed by atoms with Crippen LogP contribution in [-0.4, -0.2) is 94.3 Å². The third-order valence-corrected chi connectivity index (χ3v) is 8.49. The number of nitrogens with one attached hydrogen (secondary N) is 1. The first kappa shape index (κ1) is 30.1. The third-order valence-electron chi connectivity index (χ3n) is 8.25. The molecular formula is C29H30ClF2N11O3. The fraction of sp³-hybridized carbons (Fsp3) is 0.414. The number of anilines is 1. The van der Waals surface area contributed by atoms with Gasteiger partial charge in [0.15, 0.2) is 11.5 Å². The van der Waals surface area contributed by atoms with Crippen molar-refractivity contribution in [2.24, 2.45) is 0 Å². The zero-order valence-corrected chi connectivity index (χ0v) is 25.3. The maximum absolute atomic E-state index is 13.4. The van der Waals surface area contributed by atoms with E-state index in [9.17, 15) is 13.6 Å². The van der Waals surface area contributed by atoms with Gasteiger partial charge in [-0.05, 0) is 55.2 Å². The molecule has 2 aliphatic heterocycles. The number of carbonyl (C=O) groups excluding carboxylic acids is 1. The van der Waals surface area contributed by atoms with Crippen LogP contribution in [0.15, 0.2) is 49.1 Å². The van der Waals surface area contributed by atoms with Crippen LogP contribution in [0.3, 0.4) is 0 Å². The molecule has 46 heavy (non-hydrogen) atoms. The number of tetrazole rings is 1. The summed E-state index contributed by atoms with van der Waals surface area (Å²) in [5.41, 5.74) is 1.09. The normalized spacial score (nSPS) is 16.8. The first-order valence-electron chi connectivity index (χ1n) is 14.9. The highest BCUT2D eigenvalue weighted by atomic mass is 35.5. The molecular weight excluding hydrogens is 624 g/mol. The van der Waals surface area contributed by atoms with E-state index in [0.29, 0.717) is 17.5 Å². The van der Waals surface area contributed by atoms with Gasteiger partial charge in [0.2, 0.25) is 0 Å². The summed E-state index contributed by atoms with van der Waals surface area (Å²) in [7, 11) is 0. The van der Waals surface area contributed by atoms with Gasteiger partial charge in [-0.1, -0.05) is 11.6 Å². The quantitative estimate of drug-likeness (QED) is 0.248. The summed E-state index contributed by atoms with van der Waals surface area (Å²) in [6.45, 7) is 0.565. The first-order valence-corrected chi connectivity index (χ1v) is 15.3. The molecule has 0 unspecified atom stereocenters. The monoisotopic (exact) mass is 653 g/mol. The summed E-state index contributed by atoms with van der Waals surface area (Å²) in [5, 5.41) is 25.1. The van der Waals surface area contributed by atoms with E-state index >= 15 is 0 Å². The summed E-state index contributed by atoms with van der Waals surface area (Å²) < 4.78 is 39.9. The van der Waals surface area contributed by atoms with Gasteiger partial charge in [-0.2, -0.15) is 23.8 Å². The number of aromatic nitrogens is 9. The molecule has 2 fully saturated rings. The Morgan fingerprint density at radius 3 is 2.76 bits per heavy atom. The first-order chi connectivity index (χ1) is 22.4. The van der Waals surface area contributed by atoms with Gasteiger partial charge in [0.05, 0.1) is 17.9 Å². The van der Waals surface area contributed by atoms with Crippen LogP contribution in [0.2, 0.25) is 5.02 Å². The number of fused-ring (bicyclic) bond motifs is 1. The molecule has 0 saturated carbocycles. The maximum Gasteiger partial charge on any atom is 0.387 e. The molecule has 7 rings (SSSR count). The van der Waals surface area contributed by atoms with E-state index in [-0.39, 0.29) is 45.9 Å². The lowest BCUT2D eigenvalue weighted by molar-refractivity contribution is -0.0494. The lowest BCUT2D eigenvalue weighted by Gasteiger charge is -2.38. The van der Waals surface area contributed by atoms with Crippen LogP contribution in [0.4, 0.5) is 14.5 Å². The standard InChI is InChI=1S/C29H30ClF2N11O3/c30-18-2-3-24(46-29(31)32)21(14-18)26-23(35-28(44)22-15-34-42-9-1-8-33-27(22)42)16-41(38-26)17-25-36-39-43(37-25)20-4-10-40(11-5-20)19-6-12-45-13-7-19/h1-3,8-9,14-16,19-20,29H,4-7,10-13,17H2,(H,35,44). The summed E-state index contributed by atoms with van der Waals surface area (Å²) in [5.74, 6) is -0.279. The second-order valence-electron chi connectivity index (χ2n) is 11.1. The number of amides is 1. The van der Waals surface area contributed by atoms with Gasteiger partial charge in [0.1, 0.15) is 23.6 Å². The Labute approximate surface area is 266 Å². The molecule has 17 heteroatoms. The number of nitrogens with zero attached hydrogens (tertiary/aromatic N) is 10. The Bertz CT molecular complexity index is 1830. The molecule has 5 aromatic rings. The molecule has 2 aliphatic rings. The summed E-state index contributed by atoms with van der Waals surface area (Å²) in [6.07, 6.45) is 10.1. The second-order valence-corrected chi connectivity index (χ2v) is 11.6. The molecule has 4 aromatic heterocycles. The van der Waals surface area contributed by atoms with Gasteiger partial charge < -0.3 is 19.7 Å². The number of rotatable bonds is 9. The number of likely N-dealkylation sites (tertiary alicyclic amines) is 1. The predicted molar refractivity (Wildman–Crippen MR) is 161 cm³/mol. The topological polar surface area (TPSA) is 142 Å². The highest BCUT2D eigenvalue weighted by molar-refractivity contribution is 6.31. The SMILES string of the molecule is O=C(Nc1cn(Cc2nnn(C3CCN(C4CCOCC4)CC3)n2)nc1-c1cc(Cl)ccc1OC(F)F)c1cnn2cccnc12. The molecule has 0 bridgehead atoms. The van der Waals surface area contributed by atoms with E-state index in [4.69, 9.17) is 21.1 Å². The molecule has 6 heterocycles. The zero-order chi connectivity index (χ0) is 31.6. The molecule has 1 aromatic carbocycles. The van der Waals surface area contributed by atoms with Crippen LogP contribution >= 0.6 is 11.6 Å². The lowest BCUT2D eigenvalue weighted by Crippen LogP contribution is -2.44. The minimum absolute atomic E-state index is 0.105. The number of benzene rings is 1. The van der Waals surface area contributed by atoms with Crippen molar-refractivity contribution in [2.75, 3.05) is 31.6 Å². The van der Waals surface area contributed by atoms with Crippen LogP contribution in [0.5, 0.6) is 5.75 Å². The van der Waals surface area contributed by atoms with Crippen molar-refractivity contribution >= 4 is 28.8 Å². The van der Waals surface area contributed by atoms with E-state index < -0.39 is 12.5 Å². The highest BCUT2D eigenvalue weighted by Gasteiger charge is 2.29. The Balaban J connectivity index is 1.13. The minimum atomic E-state index is -3.09. The Morgan fingerprint density at radius 1 is 1.13 bits per heavy atom. The van der Waals surface area contributed by atoms with Crippen molar-refractivity contribution in [2.45, 2.75) is 50.9 Å². The molecule has 1 amide bonds. The second kappa shape index (κ2) is 13.1. The van der Waals surface area contributed by atoms with E-state index in [1.807, 2.05) is 0 Å². The fourth-order valence-electron chi connectivity index (χ4n) is 6.01. The number of ether oxygens (including phenoxy) is 2. The average Bonchev–Trinajstić information content (AvgIpc) is 3.81. The molecule has 0 spiro atoms. The highest BCUT2D eigenvalue weighted by Crippen LogP contribution is 2.37. The molecule has 2 saturated heterocycles. The van der Waals surface area contributed by atoms with Gasteiger partial charge in [-0.25, -0.2) is 9.50 Å². The summed E-state index contributed by atoms with van der Waals surface area (Å²) in [6, 6.07) is 6.57. The van der Waals surface area contributed by atoms with E-state index in [0.717, 1.165) is 52.0 Å². The lowest BCUT2D eigenvalue weighted by atomic mass is 10.00. The molecule has 0 aliphatic carbocycles. The largest absolute Gasteiger partial charge is 0.434 e. The smallest absolute Gasteiger partial charge is 0.387 e. The van der Waals surface area contributed by atoms with Crippen molar-refractivity contribution in [3.63, 3.8) is 0 Å². The minimum Gasteiger partial charge on any atom is -0.434 e. The van der Waals surface area contributed by atoms with Crippen molar-refractivity contribution in [1.82, 2.24) is 49.5 Å². The molecule has 0 atom stereocenters. The van der Waals surface area contributed by atoms with Crippen LogP contribution in [0.1, 0.15) is 47.9 Å². The number of carbonyl (C=O) groups is 1. The van der Waals surface area contributed by atoms with Gasteiger partial charge in [0.25, 0.3) is 5.91 Å². The zero-order valence-electron chi connectivity index (χ0n) is 24.5. The van der Waals surface area contributed by atoms with E-state index in [1.165, 1.54) is 33.6 Å². The molecule has 240 valence electrons. The number of piperidine rings is 1. The fourth-order valence-corrected chi connectivity index (χ4v) is 6.18. The number of hydrogen-bond acceptors (Lipinski definition) is 10. The van der Waals surface area contributed by atoms with Crippen molar-refractivity contribution < 1.29 is 23.0 Å². The Kier molecular flexibility index (Phi) is 8.55. The van der Waals surface area contributed by atoms with Crippen LogP contribution in [0.25, 0.3) is 16.9 Å². The number of alkyl halides is 2. The molecule has 14 nitrogen and oxygen atoms in total. The van der Waals surface area contributed by atoms with Gasteiger partial charge in [0, 0.05) is 61.5 Å². The van der Waals surface area contributed by atoms with Crippen LogP contribution in [0, 0.1) is 0 Å². The summed E-state index contributed by atoms with van der Waals surface area (Å²) >= 11 is 6.25. The van der Waals surface area contributed by atoms with Crippen molar-refractivity contribution in [3.05, 3.63) is 65.5 Å². The predicted octanol–water partition coefficient (Wildman–Crippen LogP) is 3.95. The van der Waals surface area contributed by atoms with Gasteiger partial charge >= 0.3 is 6.61 Å². The van der Waals surface area contributed by atoms with E-state index in [1.54, 1.807) is 29.5 Å². The van der Waals surface area contributed by atoms with Crippen molar-refractivity contribution in [3.8, 4) is 17.0 Å². The van der Waals surface area contributed by atoms with Crippen LogP contribution in [-0.2, 0) is 11.3 Å². The molecule has 0 radical (unpaired) electrons. The maximum atomic E-state index is 13.4. The van der Waals surface area contributed by atoms with Gasteiger partial charge in [-0.3, -0.25) is 9.48 Å². The molecule has 1 N–H and O–H groups in total. The summed E-state index contributed by atoms with van der Waals surface area (Å²) in [4.78, 5) is 21.8. The number of halogens is 3. The average molecular weight is 654 g/mol. The van der Waals surface area contributed by atoms with Gasteiger partial charge in [-0.15, -0.1) is 10.2 Å². The number of hydrogen-bond donors (Lipinski definition) is 1. The van der Waals surface area contributed by atoms with Crippen molar-refractivity contribution in [1.29, 1.82) is 0 Å². The Hall–Kier alpha value is -4.54. The van der Waals surface area contributed by atoms with E-state index in [2.05, 4.69) is 40.8 Å².